The van der Waals surface area contributed by atoms with Crippen molar-refractivity contribution >= 4 is 57.9 Å². The fourth-order valence-corrected chi connectivity index (χ4v) is 2.80. The summed E-state index contributed by atoms with van der Waals surface area (Å²) in [4.78, 5) is 33.1. The standard InChI is InChI=1S/C15H7Cl3N2O4/c16-11-4-8-7-2-1-6(20(23)24)3-9(7)13(21)10(8)5-12(11)19-15(22)14(17)18/h1-5,14H,(H,19,22). The molecule has 0 spiro atoms. The van der Waals surface area contributed by atoms with E-state index in [1.54, 1.807) is 0 Å². The number of fused-ring (bicyclic) bond motifs is 3. The van der Waals surface area contributed by atoms with Crippen molar-refractivity contribution in [2.45, 2.75) is 4.84 Å². The molecule has 0 aliphatic heterocycles. The number of alkyl halides is 2. The molecule has 0 atom stereocenters. The molecular weight excluding hydrogens is 379 g/mol. The smallest absolute Gasteiger partial charge is 0.270 e. The van der Waals surface area contributed by atoms with Crippen LogP contribution in [0, 0.1) is 10.1 Å². The molecular formula is C15H7Cl3N2O4. The van der Waals surface area contributed by atoms with Crippen LogP contribution in [0.3, 0.4) is 0 Å². The van der Waals surface area contributed by atoms with E-state index in [9.17, 15) is 19.7 Å². The minimum Gasteiger partial charge on any atom is -0.322 e. The van der Waals surface area contributed by atoms with Gasteiger partial charge in [0.2, 0.25) is 0 Å². The number of nitro benzene ring substituents is 1. The summed E-state index contributed by atoms with van der Waals surface area (Å²) in [5, 5.41) is 13.5. The Morgan fingerprint density at radius 3 is 2.38 bits per heavy atom. The minimum absolute atomic E-state index is 0.179. The molecule has 0 aromatic heterocycles. The third kappa shape index (κ3) is 2.73. The summed E-state index contributed by atoms with van der Waals surface area (Å²) in [7, 11) is 0. The maximum absolute atomic E-state index is 12.5. The van der Waals surface area contributed by atoms with Crippen LogP contribution >= 0.6 is 34.8 Å². The van der Waals surface area contributed by atoms with E-state index in [-0.39, 0.29) is 33.3 Å². The van der Waals surface area contributed by atoms with Gasteiger partial charge in [0.15, 0.2) is 10.6 Å². The molecule has 0 bridgehead atoms. The van der Waals surface area contributed by atoms with Crippen LogP contribution in [-0.2, 0) is 4.79 Å². The average Bonchev–Trinajstić information content (AvgIpc) is 2.79. The van der Waals surface area contributed by atoms with E-state index in [2.05, 4.69) is 5.32 Å². The average molecular weight is 386 g/mol. The zero-order valence-corrected chi connectivity index (χ0v) is 13.9. The third-order valence-corrected chi connectivity index (χ3v) is 4.27. The van der Waals surface area contributed by atoms with Crippen molar-refractivity contribution in [3.8, 4) is 11.1 Å². The minimum atomic E-state index is -1.29. The first-order valence-corrected chi connectivity index (χ1v) is 7.80. The number of hydrogen-bond donors (Lipinski definition) is 1. The first-order chi connectivity index (χ1) is 11.3. The Kier molecular flexibility index (Phi) is 4.21. The number of rotatable bonds is 3. The van der Waals surface area contributed by atoms with Gasteiger partial charge in [-0.25, -0.2) is 0 Å². The first-order valence-electron chi connectivity index (χ1n) is 6.55. The number of nitro groups is 1. The van der Waals surface area contributed by atoms with Gasteiger partial charge in [-0.2, -0.15) is 0 Å². The molecule has 3 rings (SSSR count). The van der Waals surface area contributed by atoms with E-state index in [1.807, 2.05) is 0 Å². The fraction of sp³-hybridized carbons (Fsp3) is 0.0667. The molecule has 1 aliphatic rings. The molecule has 122 valence electrons. The van der Waals surface area contributed by atoms with Crippen LogP contribution in [0.15, 0.2) is 30.3 Å². The Morgan fingerprint density at radius 2 is 1.75 bits per heavy atom. The Bertz CT molecular complexity index is 912. The van der Waals surface area contributed by atoms with E-state index in [4.69, 9.17) is 34.8 Å². The number of non-ortho nitro benzene ring substituents is 1. The molecule has 0 saturated heterocycles. The van der Waals surface area contributed by atoms with Gasteiger partial charge < -0.3 is 5.32 Å². The van der Waals surface area contributed by atoms with Crippen LogP contribution < -0.4 is 5.32 Å². The molecule has 0 saturated carbocycles. The van der Waals surface area contributed by atoms with Crippen molar-refractivity contribution in [2.24, 2.45) is 0 Å². The van der Waals surface area contributed by atoms with Crippen molar-refractivity contribution in [2.75, 3.05) is 5.32 Å². The Balaban J connectivity index is 2.08. The van der Waals surface area contributed by atoms with Gasteiger partial charge in [0.05, 0.1) is 15.6 Å². The van der Waals surface area contributed by atoms with Crippen molar-refractivity contribution < 1.29 is 14.5 Å². The third-order valence-electron chi connectivity index (χ3n) is 3.56. The Hall–Kier alpha value is -2.15. The molecule has 9 heteroatoms. The number of anilines is 1. The molecule has 0 unspecified atom stereocenters. The molecule has 0 fully saturated rings. The highest BCUT2D eigenvalue weighted by Gasteiger charge is 2.30. The fourth-order valence-electron chi connectivity index (χ4n) is 2.48. The molecule has 0 heterocycles. The molecule has 1 aliphatic carbocycles. The van der Waals surface area contributed by atoms with E-state index in [0.29, 0.717) is 11.1 Å². The summed E-state index contributed by atoms with van der Waals surface area (Å²) in [5.41, 5.74) is 1.59. The highest BCUT2D eigenvalue weighted by Crippen LogP contribution is 2.42. The summed E-state index contributed by atoms with van der Waals surface area (Å²) in [6, 6.07) is 6.95. The van der Waals surface area contributed by atoms with Gasteiger partial charge in [0.1, 0.15) is 0 Å². The van der Waals surface area contributed by atoms with E-state index in [0.717, 1.165) is 0 Å². The summed E-state index contributed by atoms with van der Waals surface area (Å²) in [6.07, 6.45) is 0. The van der Waals surface area contributed by atoms with Crippen molar-refractivity contribution in [3.63, 3.8) is 0 Å². The lowest BCUT2D eigenvalue weighted by Crippen LogP contribution is -2.19. The Morgan fingerprint density at radius 1 is 1.08 bits per heavy atom. The number of amides is 1. The number of benzene rings is 2. The van der Waals surface area contributed by atoms with Crippen molar-refractivity contribution in [1.29, 1.82) is 0 Å². The largest absolute Gasteiger partial charge is 0.322 e. The maximum Gasteiger partial charge on any atom is 0.270 e. The topological polar surface area (TPSA) is 89.3 Å². The normalized spacial score (nSPS) is 12.1. The van der Waals surface area contributed by atoms with Crippen molar-refractivity contribution in [3.05, 3.63) is 56.6 Å². The summed E-state index contributed by atoms with van der Waals surface area (Å²) in [6.45, 7) is 0. The second kappa shape index (κ2) is 6.05. The van der Waals surface area contributed by atoms with E-state index >= 15 is 0 Å². The van der Waals surface area contributed by atoms with Gasteiger partial charge in [0.25, 0.3) is 11.6 Å². The second-order valence-electron chi connectivity index (χ2n) is 4.98. The lowest BCUT2D eigenvalue weighted by molar-refractivity contribution is -0.384. The highest BCUT2D eigenvalue weighted by atomic mass is 35.5. The second-order valence-corrected chi connectivity index (χ2v) is 6.49. The number of halogens is 3. The van der Waals surface area contributed by atoms with Crippen LogP contribution in [0.2, 0.25) is 5.02 Å². The van der Waals surface area contributed by atoms with Gasteiger partial charge in [-0.3, -0.25) is 19.7 Å². The van der Waals surface area contributed by atoms with Gasteiger partial charge in [0, 0.05) is 23.3 Å². The number of nitrogens with zero attached hydrogens (tertiary/aromatic N) is 1. The molecule has 2 aromatic rings. The number of carbonyl (C=O) groups is 2. The summed E-state index contributed by atoms with van der Waals surface area (Å²) >= 11 is 17.1. The molecule has 0 radical (unpaired) electrons. The quantitative estimate of drug-likeness (QED) is 0.415. The predicted molar refractivity (Wildman–Crippen MR) is 91.1 cm³/mol. The molecule has 1 N–H and O–H groups in total. The SMILES string of the molecule is O=C1c2cc([N+](=O)[O-])ccc2-c2cc(Cl)c(NC(=O)C(Cl)Cl)cc21. The number of hydrogen-bond acceptors (Lipinski definition) is 4. The number of nitrogens with one attached hydrogen (secondary N) is 1. The number of carbonyl (C=O) groups excluding carboxylic acids is 2. The maximum atomic E-state index is 12.5. The lowest BCUT2D eigenvalue weighted by Gasteiger charge is -2.10. The lowest BCUT2D eigenvalue weighted by atomic mass is 10.0. The van der Waals surface area contributed by atoms with Gasteiger partial charge in [-0.15, -0.1) is 0 Å². The van der Waals surface area contributed by atoms with Crippen molar-refractivity contribution in [1.82, 2.24) is 0 Å². The van der Waals surface area contributed by atoms with Crippen LogP contribution in [0.4, 0.5) is 11.4 Å². The molecule has 1 amide bonds. The predicted octanol–water partition coefficient (Wildman–Crippen LogP) is 4.20. The molecule has 24 heavy (non-hydrogen) atoms. The van der Waals surface area contributed by atoms with E-state index < -0.39 is 15.7 Å². The number of ketones is 1. The molecule has 2 aromatic carbocycles. The van der Waals surface area contributed by atoms with Crippen LogP contribution in [0.25, 0.3) is 11.1 Å². The van der Waals surface area contributed by atoms with Crippen LogP contribution in [0.5, 0.6) is 0 Å². The van der Waals surface area contributed by atoms with Crippen LogP contribution in [-0.4, -0.2) is 21.5 Å². The highest BCUT2D eigenvalue weighted by molar-refractivity contribution is 6.54. The molecule has 6 nitrogen and oxygen atoms in total. The zero-order chi connectivity index (χ0) is 17.6. The van der Waals surface area contributed by atoms with Gasteiger partial charge >= 0.3 is 0 Å². The monoisotopic (exact) mass is 384 g/mol. The Labute approximate surface area is 150 Å². The zero-order valence-electron chi connectivity index (χ0n) is 11.7. The summed E-state index contributed by atoms with van der Waals surface area (Å²) < 4.78 is 0. The van der Waals surface area contributed by atoms with Gasteiger partial charge in [-0.1, -0.05) is 34.8 Å². The first kappa shape index (κ1) is 16.7. The van der Waals surface area contributed by atoms with E-state index in [1.165, 1.54) is 30.3 Å². The van der Waals surface area contributed by atoms with Crippen LogP contribution in [0.1, 0.15) is 15.9 Å². The summed E-state index contributed by atoms with van der Waals surface area (Å²) in [5.74, 6) is -1.07. The van der Waals surface area contributed by atoms with Gasteiger partial charge in [-0.05, 0) is 29.3 Å².